The van der Waals surface area contributed by atoms with E-state index in [9.17, 15) is 4.79 Å². The lowest BCUT2D eigenvalue weighted by atomic mass is 10.0. The number of nitrogens with zero attached hydrogens (tertiary/aromatic N) is 1. The maximum absolute atomic E-state index is 10.5. The Morgan fingerprint density at radius 1 is 1.77 bits per heavy atom. The van der Waals surface area contributed by atoms with Crippen LogP contribution in [0.5, 0.6) is 0 Å². The molecule has 0 bridgehead atoms. The number of nitrogens with two attached hydrogens (primary N) is 1. The van der Waals surface area contributed by atoms with E-state index in [4.69, 9.17) is 10.8 Å². The largest absolute Gasteiger partial charge is 0.480 e. The second-order valence-electron chi connectivity index (χ2n) is 2.95. The molecule has 13 heavy (non-hydrogen) atoms. The Hall–Kier alpha value is -1.42. The Kier molecular flexibility index (Phi) is 2.97. The van der Waals surface area contributed by atoms with Crippen LogP contribution in [0.2, 0.25) is 0 Å². The summed E-state index contributed by atoms with van der Waals surface area (Å²) in [6.45, 7) is 1.91. The molecule has 1 aromatic rings. The lowest BCUT2D eigenvalue weighted by Crippen LogP contribution is -2.32. The minimum atomic E-state index is -0.983. The van der Waals surface area contributed by atoms with Crippen LogP contribution in [-0.2, 0) is 11.2 Å². The van der Waals surface area contributed by atoms with Gasteiger partial charge in [0.1, 0.15) is 6.04 Å². The highest BCUT2D eigenvalue weighted by molar-refractivity contribution is 5.73. The molecular weight excluding hydrogens is 168 g/mol. The molecule has 0 aliphatic carbocycles. The zero-order valence-electron chi connectivity index (χ0n) is 7.40. The Labute approximate surface area is 76.4 Å². The molecule has 0 fully saturated rings. The van der Waals surface area contributed by atoms with Crippen LogP contribution in [-0.4, -0.2) is 22.1 Å². The van der Waals surface area contributed by atoms with Gasteiger partial charge in [-0.1, -0.05) is 0 Å². The molecule has 0 aliphatic rings. The highest BCUT2D eigenvalue weighted by atomic mass is 16.4. The molecule has 4 nitrogen and oxygen atoms in total. The van der Waals surface area contributed by atoms with Gasteiger partial charge in [-0.25, -0.2) is 0 Å². The number of pyridine rings is 1. The second-order valence-corrected chi connectivity index (χ2v) is 2.95. The SMILES string of the molecule is Cc1ccncc1CC(N)C(=O)O. The van der Waals surface area contributed by atoms with E-state index in [2.05, 4.69) is 4.98 Å². The molecule has 0 aromatic carbocycles. The summed E-state index contributed by atoms with van der Waals surface area (Å²) >= 11 is 0. The first-order valence-corrected chi connectivity index (χ1v) is 3.99. The van der Waals surface area contributed by atoms with Crippen LogP contribution in [0.3, 0.4) is 0 Å². The summed E-state index contributed by atoms with van der Waals surface area (Å²) in [5.74, 6) is -0.983. The van der Waals surface area contributed by atoms with Crippen molar-refractivity contribution in [1.29, 1.82) is 0 Å². The monoisotopic (exact) mass is 180 g/mol. The highest BCUT2D eigenvalue weighted by Gasteiger charge is 2.12. The summed E-state index contributed by atoms with van der Waals surface area (Å²) in [6, 6.07) is 0.993. The number of carboxylic acid groups (broad SMARTS) is 1. The molecule has 70 valence electrons. The fourth-order valence-corrected chi connectivity index (χ4v) is 1.03. The molecule has 1 aromatic heterocycles. The number of aromatic nitrogens is 1. The topological polar surface area (TPSA) is 76.2 Å². The van der Waals surface area contributed by atoms with Gasteiger partial charge in [0.15, 0.2) is 0 Å². The first-order chi connectivity index (χ1) is 6.11. The average Bonchev–Trinajstić information content (AvgIpc) is 2.08. The maximum Gasteiger partial charge on any atom is 0.320 e. The van der Waals surface area contributed by atoms with Crippen molar-refractivity contribution in [2.75, 3.05) is 0 Å². The predicted molar refractivity (Wildman–Crippen MR) is 48.3 cm³/mol. The van der Waals surface area contributed by atoms with E-state index < -0.39 is 12.0 Å². The molecular formula is C9H12N2O2. The number of hydrogen-bond acceptors (Lipinski definition) is 3. The molecule has 0 saturated heterocycles. The minimum absolute atomic E-state index is 0.328. The first-order valence-electron chi connectivity index (χ1n) is 3.99. The van der Waals surface area contributed by atoms with E-state index in [1.807, 2.05) is 13.0 Å². The zero-order valence-corrected chi connectivity index (χ0v) is 7.40. The van der Waals surface area contributed by atoms with Crippen LogP contribution in [0.4, 0.5) is 0 Å². The van der Waals surface area contributed by atoms with Gasteiger partial charge in [-0.05, 0) is 30.5 Å². The van der Waals surface area contributed by atoms with Crippen LogP contribution >= 0.6 is 0 Å². The maximum atomic E-state index is 10.5. The van der Waals surface area contributed by atoms with Gasteiger partial charge in [-0.2, -0.15) is 0 Å². The smallest absolute Gasteiger partial charge is 0.320 e. The van der Waals surface area contributed by atoms with Crippen molar-refractivity contribution >= 4 is 5.97 Å². The van der Waals surface area contributed by atoms with Gasteiger partial charge in [-0.3, -0.25) is 9.78 Å². The average molecular weight is 180 g/mol. The highest BCUT2D eigenvalue weighted by Crippen LogP contribution is 2.06. The molecule has 0 aliphatic heterocycles. The third kappa shape index (κ3) is 2.52. The molecule has 1 atom stereocenters. The molecule has 0 amide bonds. The van der Waals surface area contributed by atoms with Gasteiger partial charge in [-0.15, -0.1) is 0 Å². The van der Waals surface area contributed by atoms with Crippen molar-refractivity contribution in [1.82, 2.24) is 4.98 Å². The van der Waals surface area contributed by atoms with Gasteiger partial charge >= 0.3 is 5.97 Å². The molecule has 1 heterocycles. The van der Waals surface area contributed by atoms with Crippen LogP contribution in [0.1, 0.15) is 11.1 Å². The summed E-state index contributed by atoms with van der Waals surface area (Å²) in [7, 11) is 0. The zero-order chi connectivity index (χ0) is 9.84. The molecule has 1 rings (SSSR count). The quantitative estimate of drug-likeness (QED) is 0.703. The van der Waals surface area contributed by atoms with E-state index in [-0.39, 0.29) is 0 Å². The van der Waals surface area contributed by atoms with Crippen molar-refractivity contribution in [2.24, 2.45) is 5.73 Å². The molecule has 3 N–H and O–H groups in total. The third-order valence-electron chi connectivity index (χ3n) is 1.90. The Morgan fingerprint density at radius 3 is 3.00 bits per heavy atom. The van der Waals surface area contributed by atoms with Crippen molar-refractivity contribution in [3.8, 4) is 0 Å². The second kappa shape index (κ2) is 4.00. The molecule has 0 saturated carbocycles. The fraction of sp³-hybridized carbons (Fsp3) is 0.333. The Balaban J connectivity index is 2.74. The van der Waals surface area contributed by atoms with Gasteiger partial charge < -0.3 is 10.8 Å². The van der Waals surface area contributed by atoms with E-state index in [0.717, 1.165) is 11.1 Å². The minimum Gasteiger partial charge on any atom is -0.480 e. The summed E-state index contributed by atoms with van der Waals surface area (Å²) in [6.07, 6.45) is 3.65. The van der Waals surface area contributed by atoms with E-state index in [1.165, 1.54) is 0 Å². The standard InChI is InChI=1S/C9H12N2O2/c1-6-2-3-11-5-7(6)4-8(10)9(12)13/h2-3,5,8H,4,10H2,1H3,(H,12,13). The van der Waals surface area contributed by atoms with Gasteiger partial charge in [0.25, 0.3) is 0 Å². The predicted octanol–water partition coefficient (Wildman–Crippen LogP) is 0.344. The lowest BCUT2D eigenvalue weighted by molar-refractivity contribution is -0.138. The Bertz CT molecular complexity index is 312. The van der Waals surface area contributed by atoms with E-state index in [0.29, 0.717) is 6.42 Å². The molecule has 1 unspecified atom stereocenters. The van der Waals surface area contributed by atoms with Crippen LogP contribution in [0.25, 0.3) is 0 Å². The summed E-state index contributed by atoms with van der Waals surface area (Å²) in [4.78, 5) is 14.4. The van der Waals surface area contributed by atoms with Crippen molar-refractivity contribution in [3.63, 3.8) is 0 Å². The number of rotatable bonds is 3. The van der Waals surface area contributed by atoms with Crippen molar-refractivity contribution in [3.05, 3.63) is 29.6 Å². The summed E-state index contributed by atoms with van der Waals surface area (Å²) in [5.41, 5.74) is 7.30. The first kappa shape index (κ1) is 9.67. The Morgan fingerprint density at radius 2 is 2.46 bits per heavy atom. The van der Waals surface area contributed by atoms with Crippen LogP contribution < -0.4 is 5.73 Å². The normalized spacial score (nSPS) is 12.5. The van der Waals surface area contributed by atoms with Gasteiger partial charge in [0.2, 0.25) is 0 Å². The van der Waals surface area contributed by atoms with Crippen molar-refractivity contribution in [2.45, 2.75) is 19.4 Å². The number of aliphatic carboxylic acids is 1. The molecule has 0 spiro atoms. The van der Waals surface area contributed by atoms with E-state index >= 15 is 0 Å². The number of carboxylic acids is 1. The van der Waals surface area contributed by atoms with Crippen LogP contribution in [0, 0.1) is 6.92 Å². The number of aryl methyl sites for hydroxylation is 1. The molecule has 0 radical (unpaired) electrons. The number of carbonyl (C=O) groups is 1. The number of hydrogen-bond donors (Lipinski definition) is 2. The fourth-order valence-electron chi connectivity index (χ4n) is 1.03. The summed E-state index contributed by atoms with van der Waals surface area (Å²) in [5, 5.41) is 8.59. The third-order valence-corrected chi connectivity index (χ3v) is 1.90. The van der Waals surface area contributed by atoms with Crippen molar-refractivity contribution < 1.29 is 9.90 Å². The van der Waals surface area contributed by atoms with Gasteiger partial charge in [0.05, 0.1) is 0 Å². The lowest BCUT2D eigenvalue weighted by Gasteiger charge is -2.07. The molecule has 4 heteroatoms. The summed E-state index contributed by atoms with van der Waals surface area (Å²) < 4.78 is 0. The van der Waals surface area contributed by atoms with Gasteiger partial charge in [0, 0.05) is 12.4 Å². The van der Waals surface area contributed by atoms with E-state index in [1.54, 1.807) is 12.4 Å². The van der Waals surface area contributed by atoms with Crippen LogP contribution in [0.15, 0.2) is 18.5 Å².